The number of benzene rings is 1. The van der Waals surface area contributed by atoms with Crippen molar-refractivity contribution >= 4 is 0 Å². The minimum absolute atomic E-state index is 0.367. The van der Waals surface area contributed by atoms with Crippen LogP contribution in [0.1, 0.15) is 37.9 Å². The number of rotatable bonds is 5. The molecular formula is C13H22N2. The van der Waals surface area contributed by atoms with Gasteiger partial charge in [-0.05, 0) is 31.4 Å². The van der Waals surface area contributed by atoms with Gasteiger partial charge in [-0.2, -0.15) is 0 Å². The highest BCUT2D eigenvalue weighted by Gasteiger charge is 2.07. The van der Waals surface area contributed by atoms with Gasteiger partial charge in [0.1, 0.15) is 0 Å². The molecule has 0 aliphatic heterocycles. The highest BCUT2D eigenvalue weighted by Crippen LogP contribution is 2.14. The number of hydrogen-bond donors (Lipinski definition) is 2. The molecule has 1 rings (SSSR count). The third kappa shape index (κ3) is 3.65. The molecule has 0 saturated carbocycles. The lowest BCUT2D eigenvalue weighted by Crippen LogP contribution is -2.34. The second kappa shape index (κ2) is 5.89. The summed E-state index contributed by atoms with van der Waals surface area (Å²) in [7, 11) is 0. The molecule has 0 heterocycles. The van der Waals surface area contributed by atoms with Crippen LogP contribution in [0, 0.1) is 0 Å². The Hall–Kier alpha value is -0.860. The Morgan fingerprint density at radius 3 is 2.27 bits per heavy atom. The van der Waals surface area contributed by atoms with E-state index in [-0.39, 0.29) is 0 Å². The summed E-state index contributed by atoms with van der Waals surface area (Å²) >= 11 is 0. The molecule has 1 aromatic rings. The van der Waals surface area contributed by atoms with Crippen LogP contribution in [0.4, 0.5) is 0 Å². The second-order valence-corrected chi connectivity index (χ2v) is 4.12. The zero-order chi connectivity index (χ0) is 11.3. The number of hydrogen-bond acceptors (Lipinski definition) is 2. The van der Waals surface area contributed by atoms with Gasteiger partial charge in [0.25, 0.3) is 0 Å². The smallest absolute Gasteiger partial charge is 0.0294 e. The lowest BCUT2D eigenvalue weighted by atomic mass is 10.0. The molecule has 0 bridgehead atoms. The fraction of sp³-hybridized carbons (Fsp3) is 0.538. The summed E-state index contributed by atoms with van der Waals surface area (Å²) in [6.45, 7) is 7.13. The van der Waals surface area contributed by atoms with Gasteiger partial charge in [0, 0.05) is 18.6 Å². The van der Waals surface area contributed by atoms with Crippen molar-refractivity contribution in [2.75, 3.05) is 6.54 Å². The Labute approximate surface area is 92.9 Å². The molecule has 15 heavy (non-hydrogen) atoms. The fourth-order valence-corrected chi connectivity index (χ4v) is 1.63. The lowest BCUT2D eigenvalue weighted by Gasteiger charge is -2.19. The molecule has 3 N–H and O–H groups in total. The third-order valence-electron chi connectivity index (χ3n) is 2.78. The van der Waals surface area contributed by atoms with Crippen LogP contribution in [-0.2, 0) is 6.42 Å². The largest absolute Gasteiger partial charge is 0.329 e. The Kier molecular flexibility index (Phi) is 4.79. The SMILES string of the molecule is CCc1ccc(C(C)NC(C)CN)cc1. The van der Waals surface area contributed by atoms with E-state index >= 15 is 0 Å². The number of nitrogens with two attached hydrogens (primary N) is 1. The summed E-state index contributed by atoms with van der Waals surface area (Å²) in [4.78, 5) is 0. The molecule has 2 heteroatoms. The molecule has 1 aromatic carbocycles. The summed E-state index contributed by atoms with van der Waals surface area (Å²) in [5.41, 5.74) is 8.29. The summed E-state index contributed by atoms with van der Waals surface area (Å²) < 4.78 is 0. The molecule has 2 nitrogen and oxygen atoms in total. The number of aryl methyl sites for hydroxylation is 1. The minimum atomic E-state index is 0.367. The molecule has 0 spiro atoms. The first kappa shape index (κ1) is 12.2. The average molecular weight is 206 g/mol. The summed E-state index contributed by atoms with van der Waals surface area (Å²) in [6.07, 6.45) is 1.10. The summed E-state index contributed by atoms with van der Waals surface area (Å²) in [6, 6.07) is 9.51. The van der Waals surface area contributed by atoms with Crippen LogP contribution in [0.5, 0.6) is 0 Å². The molecule has 84 valence electrons. The first-order chi connectivity index (χ1) is 7.17. The third-order valence-corrected chi connectivity index (χ3v) is 2.78. The van der Waals surface area contributed by atoms with Crippen LogP contribution in [0.2, 0.25) is 0 Å². The van der Waals surface area contributed by atoms with Gasteiger partial charge < -0.3 is 11.1 Å². The number of nitrogens with one attached hydrogen (secondary N) is 1. The van der Waals surface area contributed by atoms with Crippen LogP contribution in [-0.4, -0.2) is 12.6 Å². The van der Waals surface area contributed by atoms with E-state index in [1.807, 2.05) is 0 Å². The fourth-order valence-electron chi connectivity index (χ4n) is 1.63. The Balaban J connectivity index is 2.61. The zero-order valence-electron chi connectivity index (χ0n) is 9.96. The Morgan fingerprint density at radius 1 is 1.20 bits per heavy atom. The standard InChI is InChI=1S/C13H22N2/c1-4-12-5-7-13(8-6-12)11(3)15-10(2)9-14/h5-8,10-11,15H,4,9,14H2,1-3H3. The van der Waals surface area contributed by atoms with E-state index < -0.39 is 0 Å². The minimum Gasteiger partial charge on any atom is -0.329 e. The highest BCUT2D eigenvalue weighted by atomic mass is 15.0. The van der Waals surface area contributed by atoms with Gasteiger partial charge in [0.15, 0.2) is 0 Å². The topological polar surface area (TPSA) is 38.0 Å². The summed E-state index contributed by atoms with van der Waals surface area (Å²) in [5.74, 6) is 0. The van der Waals surface area contributed by atoms with Crippen molar-refractivity contribution in [3.05, 3.63) is 35.4 Å². The van der Waals surface area contributed by atoms with Gasteiger partial charge in [0.2, 0.25) is 0 Å². The van der Waals surface area contributed by atoms with Crippen molar-refractivity contribution < 1.29 is 0 Å². The monoisotopic (exact) mass is 206 g/mol. The second-order valence-electron chi connectivity index (χ2n) is 4.12. The molecule has 0 fully saturated rings. The van der Waals surface area contributed by atoms with Gasteiger partial charge in [-0.3, -0.25) is 0 Å². The van der Waals surface area contributed by atoms with Crippen molar-refractivity contribution in [2.45, 2.75) is 39.3 Å². The van der Waals surface area contributed by atoms with Crippen molar-refractivity contribution in [3.63, 3.8) is 0 Å². The van der Waals surface area contributed by atoms with Crippen LogP contribution in [0.3, 0.4) is 0 Å². The van der Waals surface area contributed by atoms with Gasteiger partial charge in [-0.25, -0.2) is 0 Å². The zero-order valence-corrected chi connectivity index (χ0v) is 9.96. The van der Waals surface area contributed by atoms with Gasteiger partial charge in [-0.1, -0.05) is 31.2 Å². The van der Waals surface area contributed by atoms with Crippen LogP contribution in [0.15, 0.2) is 24.3 Å². The average Bonchev–Trinajstić information content (AvgIpc) is 2.29. The van der Waals surface area contributed by atoms with E-state index in [1.54, 1.807) is 0 Å². The quantitative estimate of drug-likeness (QED) is 0.775. The maximum Gasteiger partial charge on any atom is 0.0294 e. The molecule has 0 amide bonds. The van der Waals surface area contributed by atoms with E-state index in [9.17, 15) is 0 Å². The van der Waals surface area contributed by atoms with Crippen molar-refractivity contribution in [3.8, 4) is 0 Å². The van der Waals surface area contributed by atoms with Crippen LogP contribution >= 0.6 is 0 Å². The maximum absolute atomic E-state index is 5.58. The van der Waals surface area contributed by atoms with E-state index in [2.05, 4.69) is 50.4 Å². The first-order valence-corrected chi connectivity index (χ1v) is 5.72. The molecule has 0 saturated heterocycles. The molecule has 0 aromatic heterocycles. The summed E-state index contributed by atoms with van der Waals surface area (Å²) in [5, 5.41) is 3.46. The lowest BCUT2D eigenvalue weighted by molar-refractivity contribution is 0.485. The van der Waals surface area contributed by atoms with Gasteiger partial charge in [0.05, 0.1) is 0 Å². The molecule has 2 atom stereocenters. The van der Waals surface area contributed by atoms with E-state index in [4.69, 9.17) is 5.73 Å². The van der Waals surface area contributed by atoms with Gasteiger partial charge in [-0.15, -0.1) is 0 Å². The molecular weight excluding hydrogens is 184 g/mol. The normalized spacial score (nSPS) is 14.9. The van der Waals surface area contributed by atoms with E-state index in [1.165, 1.54) is 11.1 Å². The Bertz CT molecular complexity index is 279. The van der Waals surface area contributed by atoms with Gasteiger partial charge >= 0.3 is 0 Å². The maximum atomic E-state index is 5.58. The molecule has 2 unspecified atom stereocenters. The van der Waals surface area contributed by atoms with E-state index in [0.717, 1.165) is 6.42 Å². The van der Waals surface area contributed by atoms with Crippen molar-refractivity contribution in [1.82, 2.24) is 5.32 Å². The van der Waals surface area contributed by atoms with Crippen molar-refractivity contribution in [1.29, 1.82) is 0 Å². The van der Waals surface area contributed by atoms with Crippen molar-refractivity contribution in [2.24, 2.45) is 5.73 Å². The highest BCUT2D eigenvalue weighted by molar-refractivity contribution is 5.24. The Morgan fingerprint density at radius 2 is 1.80 bits per heavy atom. The van der Waals surface area contributed by atoms with Crippen LogP contribution < -0.4 is 11.1 Å². The predicted octanol–water partition coefficient (Wildman–Crippen LogP) is 2.25. The van der Waals surface area contributed by atoms with E-state index in [0.29, 0.717) is 18.6 Å². The first-order valence-electron chi connectivity index (χ1n) is 5.72. The molecule has 0 aliphatic carbocycles. The predicted molar refractivity (Wildman–Crippen MR) is 65.9 cm³/mol. The molecule has 0 radical (unpaired) electrons. The molecule has 0 aliphatic rings. The van der Waals surface area contributed by atoms with Crippen LogP contribution in [0.25, 0.3) is 0 Å².